The molecule has 1 aliphatic rings. The quantitative estimate of drug-likeness (QED) is 0.775. The Hall–Kier alpha value is -2.25. The second-order valence-corrected chi connectivity index (χ2v) is 5.95. The highest BCUT2D eigenvalue weighted by atomic mass is 32.2. The van der Waals surface area contributed by atoms with Crippen LogP contribution in [0.1, 0.15) is 48.4 Å². The summed E-state index contributed by atoms with van der Waals surface area (Å²) in [5.74, 6) is -1.57. The molecule has 0 spiro atoms. The average molecular weight is 351 g/mol. The van der Waals surface area contributed by atoms with Gasteiger partial charge in [-0.3, -0.25) is 9.59 Å². The molecule has 1 heterocycles. The van der Waals surface area contributed by atoms with Crippen molar-refractivity contribution in [3.05, 3.63) is 47.5 Å². The number of rotatable bonds is 2. The van der Waals surface area contributed by atoms with Crippen LogP contribution in [0.5, 0.6) is 0 Å². The smallest absolute Gasteiger partial charge is 0.266 e. The molecule has 0 saturated carbocycles. The summed E-state index contributed by atoms with van der Waals surface area (Å²) in [6, 6.07) is 9.92. The number of carbonyl (C=O) groups is 2. The minimum Gasteiger partial charge on any atom is -0.266 e. The largest absolute Gasteiger partial charge is 0.286 e. The van der Waals surface area contributed by atoms with Gasteiger partial charge in [-0.05, 0) is 17.5 Å². The normalized spacial score (nSPS) is 13.0. The molecule has 3 rings (SSSR count). The number of benzene rings is 2. The second-order valence-electron chi connectivity index (χ2n) is 4.39. The predicted octanol–water partition coefficient (Wildman–Crippen LogP) is 3.38. The van der Waals surface area contributed by atoms with Gasteiger partial charge >= 0.3 is 0 Å². The Kier molecular flexibility index (Phi) is 6.62. The third-order valence-corrected chi connectivity index (χ3v) is 3.36. The summed E-state index contributed by atoms with van der Waals surface area (Å²) in [4.78, 5) is 24.4. The number of amides is 2. The second kappa shape index (κ2) is 8.03. The van der Waals surface area contributed by atoms with Crippen LogP contribution in [0.25, 0.3) is 10.8 Å². The van der Waals surface area contributed by atoms with Crippen molar-refractivity contribution in [2.75, 3.05) is 6.26 Å². The van der Waals surface area contributed by atoms with Crippen molar-refractivity contribution >= 4 is 32.7 Å². The molecule has 130 valence electrons. The Morgan fingerprint density at radius 1 is 0.833 bits per heavy atom. The van der Waals surface area contributed by atoms with Gasteiger partial charge in [0, 0.05) is 5.39 Å². The number of nitrogens with zero attached hydrogens (tertiary/aromatic N) is 1. The number of hydroxylamine groups is 2. The van der Waals surface area contributed by atoms with Crippen LogP contribution in [0.3, 0.4) is 0 Å². The monoisotopic (exact) mass is 351 g/mol. The molecule has 0 saturated heterocycles. The van der Waals surface area contributed by atoms with E-state index in [0.29, 0.717) is 5.39 Å². The van der Waals surface area contributed by atoms with Gasteiger partial charge in [-0.1, -0.05) is 52.0 Å². The number of carbonyl (C=O) groups excluding carboxylic acids is 2. The van der Waals surface area contributed by atoms with Gasteiger partial charge in [0.1, 0.15) is 0 Å². The Bertz CT molecular complexity index is 808. The first-order valence-electron chi connectivity index (χ1n) is 7.68. The highest BCUT2D eigenvalue weighted by Crippen LogP contribution is 2.30. The summed E-state index contributed by atoms with van der Waals surface area (Å²) in [6.45, 7) is 8.00. The molecular weight excluding hydrogens is 330 g/mol. The van der Waals surface area contributed by atoms with Crippen LogP contribution in [0.15, 0.2) is 36.4 Å². The van der Waals surface area contributed by atoms with E-state index in [1.165, 1.54) is 12.1 Å². The molecule has 0 atom stereocenters. The van der Waals surface area contributed by atoms with Crippen LogP contribution >= 0.6 is 0 Å². The number of hydrogen-bond acceptors (Lipinski definition) is 5. The van der Waals surface area contributed by atoms with Crippen LogP contribution in [-0.2, 0) is 14.4 Å². The Labute approximate surface area is 142 Å². The Balaban J connectivity index is 0.000000671. The molecule has 24 heavy (non-hydrogen) atoms. The van der Waals surface area contributed by atoms with Crippen molar-refractivity contribution in [3.8, 4) is 0 Å². The van der Waals surface area contributed by atoms with E-state index in [0.717, 1.165) is 11.6 Å². The van der Waals surface area contributed by atoms with E-state index in [2.05, 4.69) is 4.28 Å². The van der Waals surface area contributed by atoms with Crippen molar-refractivity contribution in [3.63, 3.8) is 0 Å². The predicted molar refractivity (Wildman–Crippen MR) is 93.1 cm³/mol. The van der Waals surface area contributed by atoms with Crippen molar-refractivity contribution < 1.29 is 22.3 Å². The van der Waals surface area contributed by atoms with E-state index < -0.39 is 21.9 Å². The van der Waals surface area contributed by atoms with Gasteiger partial charge in [0.2, 0.25) is 0 Å². The molecule has 0 fully saturated rings. The molecule has 6 nitrogen and oxygen atoms in total. The lowest BCUT2D eigenvalue weighted by atomic mass is 9.95. The van der Waals surface area contributed by atoms with Gasteiger partial charge < -0.3 is 0 Å². The van der Waals surface area contributed by atoms with E-state index in [9.17, 15) is 18.0 Å². The van der Waals surface area contributed by atoms with Crippen LogP contribution < -0.4 is 0 Å². The molecular formula is C17H21NO5S. The van der Waals surface area contributed by atoms with Gasteiger partial charge in [-0.2, -0.15) is 8.42 Å². The molecule has 7 heteroatoms. The summed E-state index contributed by atoms with van der Waals surface area (Å²) >= 11 is 0. The Morgan fingerprint density at radius 2 is 1.25 bits per heavy atom. The van der Waals surface area contributed by atoms with Gasteiger partial charge in [0.05, 0.1) is 17.4 Å². The lowest BCUT2D eigenvalue weighted by Crippen LogP contribution is -2.41. The first-order chi connectivity index (χ1) is 11.4. The van der Waals surface area contributed by atoms with Gasteiger partial charge in [-0.25, -0.2) is 0 Å². The highest BCUT2D eigenvalue weighted by molar-refractivity contribution is 7.85. The van der Waals surface area contributed by atoms with Crippen LogP contribution in [0.2, 0.25) is 0 Å². The summed E-state index contributed by atoms with van der Waals surface area (Å²) < 4.78 is 26.9. The maximum Gasteiger partial charge on any atom is 0.286 e. The molecule has 0 radical (unpaired) electrons. The molecule has 2 amide bonds. The summed E-state index contributed by atoms with van der Waals surface area (Å²) in [5, 5.41) is 1.53. The third-order valence-electron chi connectivity index (χ3n) is 2.94. The van der Waals surface area contributed by atoms with E-state index >= 15 is 0 Å². The topological polar surface area (TPSA) is 80.8 Å². The zero-order valence-corrected chi connectivity index (χ0v) is 15.2. The van der Waals surface area contributed by atoms with Crippen molar-refractivity contribution in [2.24, 2.45) is 0 Å². The van der Waals surface area contributed by atoms with Gasteiger partial charge in [0.15, 0.2) is 0 Å². The van der Waals surface area contributed by atoms with E-state index in [4.69, 9.17) is 0 Å². The molecule has 0 bridgehead atoms. The number of hydrogen-bond donors (Lipinski definition) is 0. The lowest BCUT2D eigenvalue weighted by molar-refractivity contribution is -0.0149. The molecule has 0 unspecified atom stereocenters. The van der Waals surface area contributed by atoms with E-state index in [1.54, 1.807) is 24.3 Å². The fraction of sp³-hybridized carbons (Fsp3) is 0.294. The van der Waals surface area contributed by atoms with E-state index in [1.807, 2.05) is 27.7 Å². The third kappa shape index (κ3) is 3.80. The maximum atomic E-state index is 12.2. The zero-order valence-electron chi connectivity index (χ0n) is 14.4. The zero-order chi connectivity index (χ0) is 18.5. The molecule has 2 aromatic rings. The van der Waals surface area contributed by atoms with Crippen molar-refractivity contribution in [1.29, 1.82) is 0 Å². The fourth-order valence-corrected chi connectivity index (χ4v) is 2.62. The van der Waals surface area contributed by atoms with Crippen molar-refractivity contribution in [1.82, 2.24) is 5.06 Å². The molecule has 1 aliphatic heterocycles. The molecule has 0 aliphatic carbocycles. The molecule has 2 aromatic carbocycles. The average Bonchev–Trinajstić information content (AvgIpc) is 2.59. The summed E-state index contributed by atoms with van der Waals surface area (Å²) in [6.07, 6.45) is 0.772. The van der Waals surface area contributed by atoms with Crippen LogP contribution in [0.4, 0.5) is 0 Å². The highest BCUT2D eigenvalue weighted by Gasteiger charge is 2.35. The lowest BCUT2D eigenvalue weighted by Gasteiger charge is -2.24. The van der Waals surface area contributed by atoms with Crippen LogP contribution in [-0.4, -0.2) is 31.6 Å². The standard InChI is InChI=1S/C13H9NO5S.2C2H6/c1-20(17,18)19-14-12(15)9-6-2-4-8-5-3-7-10(11(8)9)13(14)16;2*1-2/h2-7H,1H3;2*1-2H3. The SMILES string of the molecule is CC.CC.CS(=O)(=O)ON1C(=O)c2cccc3cccc(c23)C1=O. The molecule has 0 aromatic heterocycles. The van der Waals surface area contributed by atoms with E-state index in [-0.39, 0.29) is 16.2 Å². The minimum atomic E-state index is -3.98. The van der Waals surface area contributed by atoms with Gasteiger partial charge in [-0.15, -0.1) is 9.35 Å². The van der Waals surface area contributed by atoms with Crippen LogP contribution in [0, 0.1) is 0 Å². The fourth-order valence-electron chi connectivity index (χ4n) is 2.21. The first-order valence-corrected chi connectivity index (χ1v) is 9.50. The molecule has 0 N–H and O–H groups in total. The maximum absolute atomic E-state index is 12.2. The number of imide groups is 1. The minimum absolute atomic E-state index is 0.237. The summed E-state index contributed by atoms with van der Waals surface area (Å²) in [7, 11) is -3.98. The Morgan fingerprint density at radius 3 is 1.62 bits per heavy atom. The summed E-state index contributed by atoms with van der Waals surface area (Å²) in [5.41, 5.74) is 0.475. The van der Waals surface area contributed by atoms with Gasteiger partial charge in [0.25, 0.3) is 21.9 Å². The van der Waals surface area contributed by atoms with Crippen molar-refractivity contribution in [2.45, 2.75) is 27.7 Å². The first kappa shape index (κ1) is 19.8.